The summed E-state index contributed by atoms with van der Waals surface area (Å²) in [6, 6.07) is 62.5. The smallest absolute Gasteiger partial charge is 0.159 e. The quantitative estimate of drug-likeness (QED) is 0.190. The van der Waals surface area contributed by atoms with Crippen molar-refractivity contribution in [3.05, 3.63) is 176 Å². The van der Waals surface area contributed by atoms with Crippen LogP contribution < -0.4 is 0 Å². The second kappa shape index (κ2) is 10.8. The Morgan fingerprint density at radius 1 is 0.314 bits per heavy atom. The summed E-state index contributed by atoms with van der Waals surface area (Å²) in [5.74, 6) is 0. The third-order valence-electron chi connectivity index (χ3n) is 10.4. The lowest BCUT2D eigenvalue weighted by atomic mass is 9.95. The summed E-state index contributed by atoms with van der Waals surface area (Å²) in [6.07, 6.45) is 0. The molecule has 3 heteroatoms. The van der Waals surface area contributed by atoms with Gasteiger partial charge in [0.2, 0.25) is 0 Å². The van der Waals surface area contributed by atoms with Gasteiger partial charge in [-0.3, -0.25) is 0 Å². The number of fused-ring (bicyclic) bond motifs is 9. The molecule has 0 amide bonds. The van der Waals surface area contributed by atoms with E-state index < -0.39 is 0 Å². The van der Waals surface area contributed by atoms with Crippen molar-refractivity contribution in [1.82, 2.24) is 4.57 Å². The molecule has 0 fully saturated rings. The van der Waals surface area contributed by atoms with Gasteiger partial charge in [-0.2, -0.15) is 0 Å². The van der Waals surface area contributed by atoms with Gasteiger partial charge >= 0.3 is 0 Å². The summed E-state index contributed by atoms with van der Waals surface area (Å²) in [4.78, 5) is 0. The summed E-state index contributed by atoms with van der Waals surface area (Å²) in [5.41, 5.74) is 13.6. The van der Waals surface area contributed by atoms with E-state index in [0.29, 0.717) is 0 Å². The molecule has 3 aromatic heterocycles. The molecule has 0 saturated heterocycles. The monoisotopic (exact) mass is 651 g/mol. The molecule has 0 aliphatic heterocycles. The Morgan fingerprint density at radius 3 is 1.80 bits per heavy atom. The minimum atomic E-state index is 0.863. The summed E-state index contributed by atoms with van der Waals surface area (Å²) < 4.78 is 15.8. The zero-order valence-corrected chi connectivity index (χ0v) is 27.5. The molecule has 11 aromatic rings. The first-order valence-corrected chi connectivity index (χ1v) is 17.3. The molecule has 0 atom stereocenters. The minimum absolute atomic E-state index is 0.863. The zero-order valence-electron chi connectivity index (χ0n) is 27.5. The predicted molar refractivity (Wildman–Crippen MR) is 212 cm³/mol. The molecule has 11 rings (SSSR count). The summed E-state index contributed by atoms with van der Waals surface area (Å²) in [7, 11) is 0. The molecule has 8 aromatic carbocycles. The molecule has 3 heterocycles. The predicted octanol–water partition coefficient (Wildman–Crippen LogP) is 13.6. The fourth-order valence-electron chi connectivity index (χ4n) is 8.01. The summed E-state index contributed by atoms with van der Waals surface area (Å²) in [6.45, 7) is 0. The number of para-hydroxylation sites is 3. The number of rotatable bonds is 4. The highest BCUT2D eigenvalue weighted by molar-refractivity contribution is 6.16. The number of hydrogen-bond acceptors (Lipinski definition) is 2. The van der Waals surface area contributed by atoms with Crippen molar-refractivity contribution in [3.8, 4) is 39.1 Å². The first kappa shape index (κ1) is 28.0. The maximum Gasteiger partial charge on any atom is 0.159 e. The largest absolute Gasteiger partial charge is 0.456 e. The van der Waals surface area contributed by atoms with Crippen LogP contribution in [0.3, 0.4) is 0 Å². The maximum atomic E-state index is 7.07. The molecule has 0 bridgehead atoms. The average molecular weight is 652 g/mol. The van der Waals surface area contributed by atoms with Gasteiger partial charge in [-0.15, -0.1) is 0 Å². The average Bonchev–Trinajstić information content (AvgIpc) is 3.87. The molecule has 0 radical (unpaired) electrons. The molecule has 0 unspecified atom stereocenters. The van der Waals surface area contributed by atoms with Crippen LogP contribution in [0.4, 0.5) is 0 Å². The van der Waals surface area contributed by atoms with E-state index in [2.05, 4.69) is 168 Å². The van der Waals surface area contributed by atoms with Crippen molar-refractivity contribution in [2.75, 3.05) is 0 Å². The number of nitrogens with zero attached hydrogens (tertiary/aromatic N) is 1. The van der Waals surface area contributed by atoms with Crippen LogP contribution in [0.5, 0.6) is 0 Å². The van der Waals surface area contributed by atoms with E-state index in [1.54, 1.807) is 0 Å². The highest BCUT2D eigenvalue weighted by atomic mass is 16.3. The standard InChI is InChI=1S/C48H29NO2/c1-3-12-30(13-4-1)32-22-24-36-35-16-7-9-19-42(35)49(44(36)28-32)43-20-11-18-39-41-27-34(26-40(47(41)51-48(39)43)31-14-5-2-6-15-31)33-23-25-38-37-17-8-10-21-45(37)50-46(38)29-33/h1-29H. The van der Waals surface area contributed by atoms with Crippen LogP contribution in [0, 0.1) is 0 Å². The van der Waals surface area contributed by atoms with Crippen molar-refractivity contribution >= 4 is 65.7 Å². The lowest BCUT2D eigenvalue weighted by Crippen LogP contribution is -1.94. The normalized spacial score (nSPS) is 11.9. The van der Waals surface area contributed by atoms with Crippen molar-refractivity contribution in [1.29, 1.82) is 0 Å². The Morgan fingerprint density at radius 2 is 0.961 bits per heavy atom. The minimum Gasteiger partial charge on any atom is -0.456 e. The molecule has 0 N–H and O–H groups in total. The lowest BCUT2D eigenvalue weighted by Gasteiger charge is -2.09. The van der Waals surface area contributed by atoms with Gasteiger partial charge < -0.3 is 13.4 Å². The summed E-state index contributed by atoms with van der Waals surface area (Å²) >= 11 is 0. The molecule has 0 aliphatic rings. The molecular formula is C48H29NO2. The fraction of sp³-hybridized carbons (Fsp3) is 0. The molecular weight excluding hydrogens is 623 g/mol. The van der Waals surface area contributed by atoms with Crippen molar-refractivity contribution in [2.24, 2.45) is 0 Å². The van der Waals surface area contributed by atoms with Crippen LogP contribution in [-0.4, -0.2) is 4.57 Å². The topological polar surface area (TPSA) is 31.2 Å². The Kier molecular flexibility index (Phi) is 5.96. The van der Waals surface area contributed by atoms with E-state index in [1.165, 1.54) is 21.9 Å². The van der Waals surface area contributed by atoms with Crippen molar-refractivity contribution in [2.45, 2.75) is 0 Å². The van der Waals surface area contributed by atoms with Crippen LogP contribution >= 0.6 is 0 Å². The van der Waals surface area contributed by atoms with Gasteiger partial charge in [-0.05, 0) is 76.3 Å². The maximum absolute atomic E-state index is 7.07. The molecule has 51 heavy (non-hydrogen) atoms. The van der Waals surface area contributed by atoms with Gasteiger partial charge in [-0.1, -0.05) is 127 Å². The molecule has 0 saturated carbocycles. The number of furan rings is 2. The van der Waals surface area contributed by atoms with Gasteiger partial charge in [0.25, 0.3) is 0 Å². The molecule has 3 nitrogen and oxygen atoms in total. The van der Waals surface area contributed by atoms with Crippen LogP contribution in [0.1, 0.15) is 0 Å². The van der Waals surface area contributed by atoms with Gasteiger partial charge in [0, 0.05) is 37.9 Å². The van der Waals surface area contributed by atoms with E-state index in [9.17, 15) is 0 Å². The first-order valence-electron chi connectivity index (χ1n) is 17.3. The number of aromatic nitrogens is 1. The highest BCUT2D eigenvalue weighted by Gasteiger charge is 2.21. The van der Waals surface area contributed by atoms with Crippen LogP contribution in [0.2, 0.25) is 0 Å². The lowest BCUT2D eigenvalue weighted by molar-refractivity contribution is 0.667. The van der Waals surface area contributed by atoms with Gasteiger partial charge in [0.1, 0.15) is 16.7 Å². The SMILES string of the molecule is c1ccc(-c2ccc3c4ccccc4n(-c4cccc5c4oc4c(-c6ccccc6)cc(-c6ccc7c(c6)oc6ccccc67)cc45)c3c2)cc1. The summed E-state index contributed by atoms with van der Waals surface area (Å²) in [5, 5.41) is 6.85. The Hall–Kier alpha value is -6.84. The van der Waals surface area contributed by atoms with Crippen LogP contribution in [-0.2, 0) is 0 Å². The third kappa shape index (κ3) is 4.25. The zero-order chi connectivity index (χ0) is 33.5. The Labute approximate surface area is 293 Å². The molecule has 0 spiro atoms. The van der Waals surface area contributed by atoms with E-state index in [1.807, 2.05) is 12.1 Å². The van der Waals surface area contributed by atoms with Gasteiger partial charge in [0.15, 0.2) is 5.58 Å². The van der Waals surface area contributed by atoms with Gasteiger partial charge in [-0.25, -0.2) is 0 Å². The first-order chi connectivity index (χ1) is 25.3. The van der Waals surface area contributed by atoms with E-state index >= 15 is 0 Å². The molecule has 0 aliphatic carbocycles. The van der Waals surface area contributed by atoms with Crippen LogP contribution in [0.15, 0.2) is 185 Å². The molecule has 238 valence electrons. The van der Waals surface area contributed by atoms with Crippen molar-refractivity contribution < 1.29 is 8.83 Å². The van der Waals surface area contributed by atoms with E-state index in [4.69, 9.17) is 8.83 Å². The van der Waals surface area contributed by atoms with Crippen molar-refractivity contribution in [3.63, 3.8) is 0 Å². The van der Waals surface area contributed by atoms with Gasteiger partial charge in [0.05, 0.1) is 16.7 Å². The highest BCUT2D eigenvalue weighted by Crippen LogP contribution is 2.44. The van der Waals surface area contributed by atoms with Crippen LogP contribution in [0.25, 0.3) is 105 Å². The number of benzene rings is 8. The Bertz CT molecular complexity index is 3130. The fourth-order valence-corrected chi connectivity index (χ4v) is 8.01. The second-order valence-corrected chi connectivity index (χ2v) is 13.3. The number of hydrogen-bond donors (Lipinski definition) is 0. The van der Waals surface area contributed by atoms with E-state index in [-0.39, 0.29) is 0 Å². The third-order valence-corrected chi connectivity index (χ3v) is 10.4. The second-order valence-electron chi connectivity index (χ2n) is 13.3. The van der Waals surface area contributed by atoms with E-state index in [0.717, 1.165) is 82.9 Å². The Balaban J connectivity index is 1.19.